The lowest BCUT2D eigenvalue weighted by atomic mass is 10.0. The standard InChI is InChI=1S/C15H18FNO3/c1-9-10-5-4-6-11(16)13(10)20-12(9)14(19)17-15(2,3)7-8-18/h4-6,18H,7-8H2,1-3H3,(H,17,19). The second kappa shape index (κ2) is 5.25. The summed E-state index contributed by atoms with van der Waals surface area (Å²) in [6.45, 7) is 5.31. The van der Waals surface area contributed by atoms with Crippen LogP contribution in [0.5, 0.6) is 0 Å². The van der Waals surface area contributed by atoms with Gasteiger partial charge in [0.15, 0.2) is 17.2 Å². The van der Waals surface area contributed by atoms with E-state index < -0.39 is 17.3 Å². The minimum absolute atomic E-state index is 0.0268. The van der Waals surface area contributed by atoms with E-state index in [0.717, 1.165) is 0 Å². The summed E-state index contributed by atoms with van der Waals surface area (Å²) < 4.78 is 19.0. The zero-order chi connectivity index (χ0) is 14.9. The molecule has 0 aliphatic carbocycles. The molecule has 1 amide bonds. The number of carbonyl (C=O) groups is 1. The Hall–Kier alpha value is -1.88. The summed E-state index contributed by atoms with van der Waals surface area (Å²) in [5, 5.41) is 12.3. The summed E-state index contributed by atoms with van der Waals surface area (Å²) in [6, 6.07) is 4.59. The monoisotopic (exact) mass is 279 g/mol. The van der Waals surface area contributed by atoms with Crippen LogP contribution < -0.4 is 5.32 Å². The number of aryl methyl sites for hydroxylation is 1. The molecule has 0 unspecified atom stereocenters. The number of hydrogen-bond acceptors (Lipinski definition) is 3. The molecule has 1 aromatic carbocycles. The first kappa shape index (κ1) is 14.5. The highest BCUT2D eigenvalue weighted by molar-refractivity contribution is 5.99. The molecule has 0 bridgehead atoms. The lowest BCUT2D eigenvalue weighted by Gasteiger charge is -2.24. The number of para-hydroxylation sites is 1. The van der Waals surface area contributed by atoms with E-state index in [1.54, 1.807) is 32.9 Å². The van der Waals surface area contributed by atoms with Crippen molar-refractivity contribution >= 4 is 16.9 Å². The van der Waals surface area contributed by atoms with Crippen LogP contribution in [-0.2, 0) is 0 Å². The molecule has 4 nitrogen and oxygen atoms in total. The fourth-order valence-corrected chi connectivity index (χ4v) is 2.13. The van der Waals surface area contributed by atoms with Crippen molar-refractivity contribution in [3.05, 3.63) is 35.3 Å². The van der Waals surface area contributed by atoms with Crippen molar-refractivity contribution in [1.82, 2.24) is 5.32 Å². The van der Waals surface area contributed by atoms with E-state index in [1.807, 2.05) is 0 Å². The van der Waals surface area contributed by atoms with Crippen LogP contribution in [0, 0.1) is 12.7 Å². The molecule has 0 atom stereocenters. The van der Waals surface area contributed by atoms with E-state index in [1.165, 1.54) is 6.07 Å². The zero-order valence-electron chi connectivity index (χ0n) is 11.8. The van der Waals surface area contributed by atoms with E-state index in [-0.39, 0.29) is 18.0 Å². The highest BCUT2D eigenvalue weighted by Gasteiger charge is 2.25. The van der Waals surface area contributed by atoms with Crippen LogP contribution in [0.2, 0.25) is 0 Å². The van der Waals surface area contributed by atoms with Crippen LogP contribution in [0.4, 0.5) is 4.39 Å². The van der Waals surface area contributed by atoms with Crippen molar-refractivity contribution in [3.8, 4) is 0 Å². The Bertz CT molecular complexity index is 646. The molecule has 5 heteroatoms. The third-order valence-electron chi connectivity index (χ3n) is 3.31. The molecular weight excluding hydrogens is 261 g/mol. The van der Waals surface area contributed by atoms with Crippen molar-refractivity contribution in [1.29, 1.82) is 0 Å². The smallest absolute Gasteiger partial charge is 0.287 e. The molecule has 1 heterocycles. The number of carbonyl (C=O) groups excluding carboxylic acids is 1. The molecule has 20 heavy (non-hydrogen) atoms. The summed E-state index contributed by atoms with van der Waals surface area (Å²) in [6.07, 6.45) is 0.423. The summed E-state index contributed by atoms with van der Waals surface area (Å²) in [4.78, 5) is 12.2. The van der Waals surface area contributed by atoms with Gasteiger partial charge in [-0.2, -0.15) is 0 Å². The summed E-state index contributed by atoms with van der Waals surface area (Å²) in [5.41, 5.74) is 0.141. The molecule has 0 aliphatic rings. The van der Waals surface area contributed by atoms with Gasteiger partial charge >= 0.3 is 0 Å². The molecule has 108 valence electrons. The van der Waals surface area contributed by atoms with Gasteiger partial charge in [-0.05, 0) is 33.3 Å². The third-order valence-corrected chi connectivity index (χ3v) is 3.31. The molecule has 0 spiro atoms. The van der Waals surface area contributed by atoms with Crippen molar-refractivity contribution < 1.29 is 18.7 Å². The molecule has 1 aromatic heterocycles. The maximum absolute atomic E-state index is 13.6. The molecule has 0 radical (unpaired) electrons. The number of furan rings is 1. The summed E-state index contributed by atoms with van der Waals surface area (Å²) in [7, 11) is 0. The number of amides is 1. The maximum atomic E-state index is 13.6. The van der Waals surface area contributed by atoms with E-state index in [0.29, 0.717) is 17.4 Å². The van der Waals surface area contributed by atoms with Gasteiger partial charge in [-0.15, -0.1) is 0 Å². The molecule has 0 fully saturated rings. The largest absolute Gasteiger partial charge is 0.448 e. The first-order valence-corrected chi connectivity index (χ1v) is 6.47. The van der Waals surface area contributed by atoms with Gasteiger partial charge in [-0.3, -0.25) is 4.79 Å². The Morgan fingerprint density at radius 1 is 1.45 bits per heavy atom. The molecule has 2 N–H and O–H groups in total. The molecule has 2 rings (SSSR count). The minimum atomic E-state index is -0.560. The predicted octanol–water partition coefficient (Wildman–Crippen LogP) is 2.77. The van der Waals surface area contributed by atoms with Crippen LogP contribution >= 0.6 is 0 Å². The summed E-state index contributed by atoms with van der Waals surface area (Å²) in [5.74, 6) is -0.785. The lowest BCUT2D eigenvalue weighted by molar-refractivity contribution is 0.0872. The van der Waals surface area contributed by atoms with Crippen molar-refractivity contribution in [2.45, 2.75) is 32.7 Å². The van der Waals surface area contributed by atoms with Gasteiger partial charge in [0.05, 0.1) is 0 Å². The number of benzene rings is 1. The van der Waals surface area contributed by atoms with Gasteiger partial charge in [0.1, 0.15) is 0 Å². The second-order valence-corrected chi connectivity index (χ2v) is 5.48. The van der Waals surface area contributed by atoms with Gasteiger partial charge in [-0.25, -0.2) is 4.39 Å². The number of hydrogen-bond donors (Lipinski definition) is 2. The number of rotatable bonds is 4. The fraction of sp³-hybridized carbons (Fsp3) is 0.400. The average Bonchev–Trinajstić information content (AvgIpc) is 2.68. The van der Waals surface area contributed by atoms with Gasteiger partial charge in [0.25, 0.3) is 5.91 Å². The molecule has 0 saturated carbocycles. The highest BCUT2D eigenvalue weighted by Crippen LogP contribution is 2.27. The van der Waals surface area contributed by atoms with E-state index in [4.69, 9.17) is 9.52 Å². The van der Waals surface area contributed by atoms with Crippen LogP contribution in [-0.4, -0.2) is 23.2 Å². The topological polar surface area (TPSA) is 62.5 Å². The Labute approximate surface area is 116 Å². The van der Waals surface area contributed by atoms with Crippen LogP contribution in [0.1, 0.15) is 36.4 Å². The second-order valence-electron chi connectivity index (χ2n) is 5.48. The first-order valence-electron chi connectivity index (χ1n) is 6.47. The van der Waals surface area contributed by atoms with Gasteiger partial charge in [0.2, 0.25) is 0 Å². The number of aliphatic hydroxyl groups is 1. The molecular formula is C15H18FNO3. The molecule has 0 aliphatic heterocycles. The predicted molar refractivity (Wildman–Crippen MR) is 74.2 cm³/mol. The van der Waals surface area contributed by atoms with Gasteiger partial charge in [0, 0.05) is 23.1 Å². The quantitative estimate of drug-likeness (QED) is 0.904. The van der Waals surface area contributed by atoms with Gasteiger partial charge in [-0.1, -0.05) is 12.1 Å². The van der Waals surface area contributed by atoms with E-state index >= 15 is 0 Å². The lowest BCUT2D eigenvalue weighted by Crippen LogP contribution is -2.44. The minimum Gasteiger partial charge on any atom is -0.448 e. The van der Waals surface area contributed by atoms with Crippen LogP contribution in [0.15, 0.2) is 22.6 Å². The van der Waals surface area contributed by atoms with Gasteiger partial charge < -0.3 is 14.8 Å². The molecule has 2 aromatic rings. The van der Waals surface area contributed by atoms with Crippen LogP contribution in [0.3, 0.4) is 0 Å². The first-order chi connectivity index (χ1) is 9.35. The fourth-order valence-electron chi connectivity index (χ4n) is 2.13. The number of halogens is 1. The number of fused-ring (bicyclic) bond motifs is 1. The Balaban J connectivity index is 2.36. The normalized spacial score (nSPS) is 11.8. The third kappa shape index (κ3) is 2.67. The van der Waals surface area contributed by atoms with Crippen molar-refractivity contribution in [2.24, 2.45) is 0 Å². The number of aliphatic hydroxyl groups excluding tert-OH is 1. The zero-order valence-corrected chi connectivity index (χ0v) is 11.8. The average molecular weight is 279 g/mol. The van der Waals surface area contributed by atoms with Crippen molar-refractivity contribution in [3.63, 3.8) is 0 Å². The van der Waals surface area contributed by atoms with Crippen molar-refractivity contribution in [2.75, 3.05) is 6.61 Å². The Kier molecular flexibility index (Phi) is 3.81. The Morgan fingerprint density at radius 2 is 2.15 bits per heavy atom. The molecule has 0 saturated heterocycles. The Morgan fingerprint density at radius 3 is 2.75 bits per heavy atom. The highest BCUT2D eigenvalue weighted by atomic mass is 19.1. The van der Waals surface area contributed by atoms with E-state index in [2.05, 4.69) is 5.32 Å². The van der Waals surface area contributed by atoms with E-state index in [9.17, 15) is 9.18 Å². The summed E-state index contributed by atoms with van der Waals surface area (Å²) >= 11 is 0. The maximum Gasteiger partial charge on any atom is 0.287 e. The number of nitrogens with one attached hydrogen (secondary N) is 1. The van der Waals surface area contributed by atoms with Crippen LogP contribution in [0.25, 0.3) is 11.0 Å². The SMILES string of the molecule is Cc1c(C(=O)NC(C)(C)CCO)oc2c(F)cccc12.